The number of hydrogen-bond acceptors (Lipinski definition) is 3. The number of nitrogens with one attached hydrogen (secondary N) is 2. The minimum atomic E-state index is -0.0576. The highest BCUT2D eigenvalue weighted by atomic mass is 15.4. The summed E-state index contributed by atoms with van der Waals surface area (Å²) in [5, 5.41) is 15.8. The quantitative estimate of drug-likeness (QED) is 0.495. The Labute approximate surface area is 147 Å². The summed E-state index contributed by atoms with van der Waals surface area (Å²) in [5.41, 5.74) is 11.2. The molecule has 0 fully saturated rings. The van der Waals surface area contributed by atoms with E-state index in [9.17, 15) is 0 Å². The summed E-state index contributed by atoms with van der Waals surface area (Å²) < 4.78 is 1.51. The molecule has 1 aromatic heterocycles. The molecule has 1 aliphatic heterocycles. The van der Waals surface area contributed by atoms with E-state index in [1.54, 1.807) is 0 Å². The standard InChI is InChI=1S/C20H21N5/c21-20(22)25-19-17(8-4-5-13-23-19)18(24-25)16-11-9-15(10-12-16)14-6-2-1-3-7-14/h1-3,6-7,9-12,23H,4-5,8,13H2,(H3,21,22). The Morgan fingerprint density at radius 3 is 2.36 bits per heavy atom. The molecule has 3 aromatic rings. The van der Waals surface area contributed by atoms with Crippen LogP contribution >= 0.6 is 0 Å². The van der Waals surface area contributed by atoms with Gasteiger partial charge in [-0.2, -0.15) is 9.78 Å². The van der Waals surface area contributed by atoms with Gasteiger partial charge in [-0.25, -0.2) is 0 Å². The van der Waals surface area contributed by atoms with Gasteiger partial charge in [-0.05, 0) is 30.4 Å². The molecule has 0 atom stereocenters. The van der Waals surface area contributed by atoms with Gasteiger partial charge >= 0.3 is 0 Å². The van der Waals surface area contributed by atoms with Gasteiger partial charge in [0, 0.05) is 17.7 Å². The van der Waals surface area contributed by atoms with Crippen molar-refractivity contribution in [2.24, 2.45) is 5.73 Å². The van der Waals surface area contributed by atoms with E-state index < -0.39 is 0 Å². The number of fused-ring (bicyclic) bond motifs is 1. The molecule has 4 N–H and O–H groups in total. The van der Waals surface area contributed by atoms with Gasteiger partial charge in [0.1, 0.15) is 5.82 Å². The molecule has 0 unspecified atom stereocenters. The van der Waals surface area contributed by atoms with Crippen LogP contribution in [-0.4, -0.2) is 22.3 Å². The van der Waals surface area contributed by atoms with E-state index in [-0.39, 0.29) is 5.96 Å². The molecular formula is C20H21N5. The highest BCUT2D eigenvalue weighted by Crippen LogP contribution is 2.33. The molecule has 1 aliphatic rings. The molecule has 5 nitrogen and oxygen atoms in total. The molecule has 5 heteroatoms. The van der Waals surface area contributed by atoms with Crippen LogP contribution in [0, 0.1) is 5.41 Å². The van der Waals surface area contributed by atoms with Gasteiger partial charge in [-0.3, -0.25) is 5.41 Å². The molecule has 0 spiro atoms. The fourth-order valence-electron chi connectivity index (χ4n) is 3.36. The van der Waals surface area contributed by atoms with Gasteiger partial charge in [0.15, 0.2) is 0 Å². The van der Waals surface area contributed by atoms with E-state index in [4.69, 9.17) is 11.1 Å². The number of rotatable bonds is 2. The van der Waals surface area contributed by atoms with Crippen molar-refractivity contribution in [1.29, 1.82) is 5.41 Å². The Hall–Kier alpha value is -3.08. The van der Waals surface area contributed by atoms with Crippen molar-refractivity contribution >= 4 is 11.8 Å². The number of aromatic nitrogens is 2. The van der Waals surface area contributed by atoms with Crippen molar-refractivity contribution in [3.8, 4) is 22.4 Å². The lowest BCUT2D eigenvalue weighted by Gasteiger charge is -2.06. The van der Waals surface area contributed by atoms with E-state index in [0.29, 0.717) is 0 Å². The maximum absolute atomic E-state index is 7.81. The summed E-state index contributed by atoms with van der Waals surface area (Å²) in [4.78, 5) is 0. The molecular weight excluding hydrogens is 310 g/mol. The van der Waals surface area contributed by atoms with Crippen molar-refractivity contribution < 1.29 is 0 Å². The maximum Gasteiger partial charge on any atom is 0.215 e. The largest absolute Gasteiger partial charge is 0.370 e. The molecule has 0 aliphatic carbocycles. The third-order valence-corrected chi connectivity index (χ3v) is 4.62. The predicted molar refractivity (Wildman–Crippen MR) is 102 cm³/mol. The molecule has 0 radical (unpaired) electrons. The molecule has 0 saturated heterocycles. The highest BCUT2D eigenvalue weighted by Gasteiger charge is 2.21. The first-order chi connectivity index (χ1) is 12.2. The summed E-state index contributed by atoms with van der Waals surface area (Å²) in [6, 6.07) is 18.8. The summed E-state index contributed by atoms with van der Waals surface area (Å²) >= 11 is 0. The van der Waals surface area contributed by atoms with E-state index in [0.717, 1.165) is 48.4 Å². The van der Waals surface area contributed by atoms with Crippen LogP contribution in [0.2, 0.25) is 0 Å². The summed E-state index contributed by atoms with van der Waals surface area (Å²) in [5.74, 6) is 0.810. The van der Waals surface area contributed by atoms with Crippen LogP contribution in [0.25, 0.3) is 22.4 Å². The van der Waals surface area contributed by atoms with Crippen molar-refractivity contribution in [1.82, 2.24) is 9.78 Å². The van der Waals surface area contributed by atoms with Crippen LogP contribution < -0.4 is 11.1 Å². The van der Waals surface area contributed by atoms with Crippen molar-refractivity contribution in [3.63, 3.8) is 0 Å². The minimum Gasteiger partial charge on any atom is -0.370 e. The second-order valence-electron chi connectivity index (χ2n) is 6.30. The third-order valence-electron chi connectivity index (χ3n) is 4.62. The number of nitrogens with two attached hydrogens (primary N) is 1. The highest BCUT2D eigenvalue weighted by molar-refractivity contribution is 5.84. The summed E-state index contributed by atoms with van der Waals surface area (Å²) in [6.07, 6.45) is 3.17. The van der Waals surface area contributed by atoms with Crippen LogP contribution in [-0.2, 0) is 6.42 Å². The molecule has 25 heavy (non-hydrogen) atoms. The van der Waals surface area contributed by atoms with Gasteiger partial charge in [0.2, 0.25) is 5.96 Å². The predicted octanol–water partition coefficient (Wildman–Crippen LogP) is 3.71. The second-order valence-corrected chi connectivity index (χ2v) is 6.30. The average molecular weight is 331 g/mol. The van der Waals surface area contributed by atoms with Gasteiger partial charge < -0.3 is 11.1 Å². The van der Waals surface area contributed by atoms with Crippen LogP contribution in [0.4, 0.5) is 5.82 Å². The number of nitrogens with zero attached hydrogens (tertiary/aromatic N) is 2. The Kier molecular flexibility index (Phi) is 3.98. The van der Waals surface area contributed by atoms with Gasteiger partial charge in [0.25, 0.3) is 0 Å². The van der Waals surface area contributed by atoms with E-state index in [2.05, 4.69) is 46.8 Å². The second kappa shape index (κ2) is 6.43. The van der Waals surface area contributed by atoms with Crippen LogP contribution in [0.1, 0.15) is 18.4 Å². The number of anilines is 1. The molecule has 4 rings (SSSR count). The lowest BCUT2D eigenvalue weighted by atomic mass is 10.00. The molecule has 126 valence electrons. The van der Waals surface area contributed by atoms with Gasteiger partial charge in [-0.15, -0.1) is 0 Å². The lowest BCUT2D eigenvalue weighted by molar-refractivity contribution is 0.781. The van der Waals surface area contributed by atoms with E-state index in [1.165, 1.54) is 15.8 Å². The maximum atomic E-state index is 7.81. The van der Waals surface area contributed by atoms with Crippen LogP contribution in [0.3, 0.4) is 0 Å². The zero-order chi connectivity index (χ0) is 17.2. The number of benzene rings is 2. The first-order valence-corrected chi connectivity index (χ1v) is 8.60. The Morgan fingerprint density at radius 1 is 0.960 bits per heavy atom. The number of hydrogen-bond donors (Lipinski definition) is 3. The zero-order valence-corrected chi connectivity index (χ0v) is 14.0. The minimum absolute atomic E-state index is 0.0576. The Bertz CT molecular complexity index is 894. The van der Waals surface area contributed by atoms with Crippen LogP contribution in [0.5, 0.6) is 0 Å². The molecule has 0 bridgehead atoms. The SMILES string of the molecule is N=C(N)n1nc(-c2ccc(-c3ccccc3)cc2)c2c1NCCCC2. The summed E-state index contributed by atoms with van der Waals surface area (Å²) in [7, 11) is 0. The van der Waals surface area contributed by atoms with Crippen molar-refractivity contribution in [2.45, 2.75) is 19.3 Å². The number of nitrogen functional groups attached to an aromatic ring is 1. The molecule has 2 aromatic carbocycles. The van der Waals surface area contributed by atoms with E-state index in [1.807, 2.05) is 18.2 Å². The first kappa shape index (κ1) is 15.4. The van der Waals surface area contributed by atoms with Gasteiger partial charge in [0.05, 0.1) is 5.69 Å². The van der Waals surface area contributed by atoms with Crippen molar-refractivity contribution in [3.05, 3.63) is 60.2 Å². The first-order valence-electron chi connectivity index (χ1n) is 8.60. The molecule has 2 heterocycles. The fraction of sp³-hybridized carbons (Fsp3) is 0.200. The Balaban J connectivity index is 1.76. The lowest BCUT2D eigenvalue weighted by Crippen LogP contribution is -2.24. The molecule has 0 saturated carbocycles. The fourth-order valence-corrected chi connectivity index (χ4v) is 3.36. The molecule has 0 amide bonds. The monoisotopic (exact) mass is 331 g/mol. The average Bonchev–Trinajstić information content (AvgIpc) is 2.84. The van der Waals surface area contributed by atoms with Gasteiger partial charge in [-0.1, -0.05) is 54.6 Å². The zero-order valence-electron chi connectivity index (χ0n) is 14.0. The van der Waals surface area contributed by atoms with E-state index >= 15 is 0 Å². The van der Waals surface area contributed by atoms with Crippen molar-refractivity contribution in [2.75, 3.05) is 11.9 Å². The topological polar surface area (TPSA) is 79.7 Å². The third kappa shape index (κ3) is 2.89. The smallest absolute Gasteiger partial charge is 0.215 e. The summed E-state index contributed by atoms with van der Waals surface area (Å²) in [6.45, 7) is 0.887. The normalized spacial score (nSPS) is 13.6. The Morgan fingerprint density at radius 2 is 1.64 bits per heavy atom. The van der Waals surface area contributed by atoms with Crippen LogP contribution in [0.15, 0.2) is 54.6 Å².